The second-order valence-electron chi connectivity index (χ2n) is 7.58. The molecule has 0 N–H and O–H groups in total. The van der Waals surface area contributed by atoms with Crippen LogP contribution in [0.25, 0.3) is 0 Å². The van der Waals surface area contributed by atoms with Gasteiger partial charge in [-0.2, -0.15) is 0 Å². The quantitative estimate of drug-likeness (QED) is 0.675. The highest BCUT2D eigenvalue weighted by Crippen LogP contribution is 2.44. The molecule has 0 spiro atoms. The molecule has 2 aliphatic rings. The van der Waals surface area contributed by atoms with Gasteiger partial charge in [0.25, 0.3) is 0 Å². The minimum atomic E-state index is 0.163. The standard InChI is InChI=1S/C24H27NO3/c1-4-21(26)15-9-11-16(12-10-15)24-19-14-23(28-3)22(27-2)13-18(19)17-7-5-6-8-20(17)25-24/h9-14,17,20H,4-8H2,1-3H3/t17-,20-/m0/s1. The fraction of sp³-hybridized carbons (Fsp3) is 0.417. The molecule has 146 valence electrons. The Kier molecular flexibility index (Phi) is 5.21. The van der Waals surface area contributed by atoms with E-state index in [1.165, 1.54) is 18.4 Å². The van der Waals surface area contributed by atoms with E-state index in [4.69, 9.17) is 14.5 Å². The third-order valence-electron chi connectivity index (χ3n) is 6.04. The molecule has 2 aromatic rings. The van der Waals surface area contributed by atoms with Gasteiger partial charge in [-0.1, -0.05) is 44.0 Å². The third kappa shape index (κ3) is 3.21. The molecule has 0 bridgehead atoms. The van der Waals surface area contributed by atoms with Gasteiger partial charge in [-0.25, -0.2) is 0 Å². The molecule has 4 rings (SSSR count). The monoisotopic (exact) mass is 377 g/mol. The van der Waals surface area contributed by atoms with Gasteiger partial charge in [-0.3, -0.25) is 9.79 Å². The van der Waals surface area contributed by atoms with E-state index in [0.29, 0.717) is 18.4 Å². The Morgan fingerprint density at radius 3 is 2.39 bits per heavy atom. The topological polar surface area (TPSA) is 47.9 Å². The number of carbonyl (C=O) groups excluding carboxylic acids is 1. The summed E-state index contributed by atoms with van der Waals surface area (Å²) in [5.41, 5.74) is 5.22. The second-order valence-corrected chi connectivity index (χ2v) is 7.58. The smallest absolute Gasteiger partial charge is 0.162 e. The van der Waals surface area contributed by atoms with Crippen LogP contribution in [0.15, 0.2) is 41.4 Å². The maximum absolute atomic E-state index is 12.0. The van der Waals surface area contributed by atoms with Crippen molar-refractivity contribution in [2.24, 2.45) is 4.99 Å². The van der Waals surface area contributed by atoms with Gasteiger partial charge in [-0.05, 0) is 30.5 Å². The van der Waals surface area contributed by atoms with E-state index in [1.54, 1.807) is 14.2 Å². The lowest BCUT2D eigenvalue weighted by molar-refractivity contribution is 0.0988. The van der Waals surface area contributed by atoms with Gasteiger partial charge in [0.2, 0.25) is 0 Å². The summed E-state index contributed by atoms with van der Waals surface area (Å²) in [4.78, 5) is 17.2. The van der Waals surface area contributed by atoms with Crippen LogP contribution < -0.4 is 9.47 Å². The van der Waals surface area contributed by atoms with Crippen molar-refractivity contribution in [3.8, 4) is 11.5 Å². The number of aliphatic imine (C=N–C) groups is 1. The van der Waals surface area contributed by atoms with E-state index < -0.39 is 0 Å². The Morgan fingerprint density at radius 1 is 1.04 bits per heavy atom. The third-order valence-corrected chi connectivity index (χ3v) is 6.04. The largest absolute Gasteiger partial charge is 0.493 e. The van der Waals surface area contributed by atoms with Crippen LogP contribution >= 0.6 is 0 Å². The minimum absolute atomic E-state index is 0.163. The van der Waals surface area contributed by atoms with Gasteiger partial charge in [0.1, 0.15) is 0 Å². The number of hydrogen-bond donors (Lipinski definition) is 0. The van der Waals surface area contributed by atoms with Crippen LogP contribution in [0.3, 0.4) is 0 Å². The lowest BCUT2D eigenvalue weighted by Crippen LogP contribution is -2.29. The number of methoxy groups -OCH3 is 2. The molecule has 0 saturated heterocycles. The number of carbonyl (C=O) groups is 1. The number of hydrogen-bond acceptors (Lipinski definition) is 4. The number of fused-ring (bicyclic) bond motifs is 3. The van der Waals surface area contributed by atoms with Crippen molar-refractivity contribution in [2.75, 3.05) is 14.2 Å². The van der Waals surface area contributed by atoms with Crippen LogP contribution in [-0.4, -0.2) is 31.8 Å². The van der Waals surface area contributed by atoms with E-state index in [1.807, 2.05) is 31.2 Å². The molecule has 4 nitrogen and oxygen atoms in total. The van der Waals surface area contributed by atoms with Gasteiger partial charge in [0.05, 0.1) is 26.0 Å². The minimum Gasteiger partial charge on any atom is -0.493 e. The molecule has 0 aromatic heterocycles. The van der Waals surface area contributed by atoms with Crippen molar-refractivity contribution < 1.29 is 14.3 Å². The summed E-state index contributed by atoms with van der Waals surface area (Å²) in [7, 11) is 3.35. The molecule has 0 radical (unpaired) electrons. The molecule has 1 saturated carbocycles. The van der Waals surface area contributed by atoms with Crippen molar-refractivity contribution in [1.29, 1.82) is 0 Å². The Labute approximate surface area is 166 Å². The van der Waals surface area contributed by atoms with Crippen LogP contribution in [0, 0.1) is 0 Å². The number of ketones is 1. The first-order chi connectivity index (χ1) is 13.7. The summed E-state index contributed by atoms with van der Waals surface area (Å²) in [6.45, 7) is 1.89. The lowest BCUT2D eigenvalue weighted by Gasteiger charge is -2.35. The Hall–Kier alpha value is -2.62. The first-order valence-electron chi connectivity index (χ1n) is 10.1. The number of benzene rings is 2. The number of Topliss-reactive ketones (excluding diaryl/α,β-unsaturated/α-hetero) is 1. The van der Waals surface area contributed by atoms with Gasteiger partial charge in [0.15, 0.2) is 17.3 Å². The van der Waals surface area contributed by atoms with Crippen molar-refractivity contribution in [2.45, 2.75) is 51.0 Å². The average molecular weight is 377 g/mol. The fourth-order valence-corrected chi connectivity index (χ4v) is 4.52. The normalized spacial score (nSPS) is 20.6. The Morgan fingerprint density at radius 2 is 1.71 bits per heavy atom. The van der Waals surface area contributed by atoms with Crippen molar-refractivity contribution >= 4 is 11.5 Å². The Balaban J connectivity index is 1.83. The molecule has 2 atom stereocenters. The first kappa shape index (κ1) is 18.7. The van der Waals surface area contributed by atoms with Crippen LogP contribution in [0.4, 0.5) is 0 Å². The lowest BCUT2D eigenvalue weighted by atomic mass is 9.75. The predicted molar refractivity (Wildman–Crippen MR) is 111 cm³/mol. The highest BCUT2D eigenvalue weighted by Gasteiger charge is 2.34. The summed E-state index contributed by atoms with van der Waals surface area (Å²) in [6.07, 6.45) is 5.27. The molecule has 1 heterocycles. The van der Waals surface area contributed by atoms with Crippen molar-refractivity contribution in [3.05, 3.63) is 58.7 Å². The second kappa shape index (κ2) is 7.78. The molecule has 1 fully saturated rings. The van der Waals surface area contributed by atoms with Gasteiger partial charge >= 0.3 is 0 Å². The van der Waals surface area contributed by atoms with E-state index in [0.717, 1.165) is 46.7 Å². The van der Waals surface area contributed by atoms with Crippen LogP contribution in [-0.2, 0) is 0 Å². The molecule has 28 heavy (non-hydrogen) atoms. The number of rotatable bonds is 5. The zero-order valence-electron chi connectivity index (χ0n) is 16.8. The summed E-state index contributed by atoms with van der Waals surface area (Å²) >= 11 is 0. The summed E-state index contributed by atoms with van der Waals surface area (Å²) in [5.74, 6) is 2.10. The molecular formula is C24H27NO3. The maximum Gasteiger partial charge on any atom is 0.162 e. The Bertz CT molecular complexity index is 914. The highest BCUT2D eigenvalue weighted by molar-refractivity contribution is 6.15. The van der Waals surface area contributed by atoms with Crippen molar-refractivity contribution in [3.63, 3.8) is 0 Å². The van der Waals surface area contributed by atoms with Gasteiger partial charge < -0.3 is 9.47 Å². The molecule has 1 aliphatic heterocycles. The van der Waals surface area contributed by atoms with Crippen LogP contribution in [0.5, 0.6) is 11.5 Å². The zero-order valence-corrected chi connectivity index (χ0v) is 16.8. The van der Waals surface area contributed by atoms with E-state index >= 15 is 0 Å². The summed E-state index contributed by atoms with van der Waals surface area (Å²) in [6, 6.07) is 12.4. The summed E-state index contributed by atoms with van der Waals surface area (Å²) in [5, 5.41) is 0. The summed E-state index contributed by atoms with van der Waals surface area (Å²) < 4.78 is 11.1. The molecule has 2 aromatic carbocycles. The number of nitrogens with zero attached hydrogens (tertiary/aromatic N) is 1. The van der Waals surface area contributed by atoms with E-state index in [-0.39, 0.29) is 5.78 Å². The van der Waals surface area contributed by atoms with Crippen molar-refractivity contribution in [1.82, 2.24) is 0 Å². The van der Waals surface area contributed by atoms with Crippen LogP contribution in [0.1, 0.15) is 72.0 Å². The van der Waals surface area contributed by atoms with E-state index in [9.17, 15) is 4.79 Å². The molecule has 0 amide bonds. The predicted octanol–water partition coefficient (Wildman–Crippen LogP) is 5.17. The SMILES string of the molecule is CCC(=O)c1ccc(C2=N[C@H]3CCCC[C@H]3c3cc(OC)c(OC)cc32)cc1. The van der Waals surface area contributed by atoms with Gasteiger partial charge in [0, 0.05) is 29.0 Å². The highest BCUT2D eigenvalue weighted by atomic mass is 16.5. The average Bonchev–Trinajstić information content (AvgIpc) is 2.77. The van der Waals surface area contributed by atoms with Crippen LogP contribution in [0.2, 0.25) is 0 Å². The first-order valence-corrected chi connectivity index (χ1v) is 10.1. The van der Waals surface area contributed by atoms with Gasteiger partial charge in [-0.15, -0.1) is 0 Å². The molecule has 0 unspecified atom stereocenters. The molecule has 4 heteroatoms. The maximum atomic E-state index is 12.0. The van der Waals surface area contributed by atoms with E-state index in [2.05, 4.69) is 12.1 Å². The molecule has 1 aliphatic carbocycles. The fourth-order valence-electron chi connectivity index (χ4n) is 4.52. The molecular weight excluding hydrogens is 350 g/mol. The number of ether oxygens (including phenoxy) is 2. The zero-order chi connectivity index (χ0) is 19.7.